The van der Waals surface area contributed by atoms with E-state index in [1.54, 1.807) is 20.1 Å². The molecule has 9 heteroatoms. The number of carboxylic acid groups (broad SMARTS) is 2. The highest BCUT2D eigenvalue weighted by atomic mass is 32.2. The van der Waals surface area contributed by atoms with Crippen molar-refractivity contribution in [2.75, 3.05) is 28.4 Å². The Kier molecular flexibility index (Phi) is 8.04. The molecule has 0 saturated heterocycles. The summed E-state index contributed by atoms with van der Waals surface area (Å²) in [5.74, 6) is -0.562. The van der Waals surface area contributed by atoms with Gasteiger partial charge in [-0.05, 0) is 36.6 Å². The van der Waals surface area contributed by atoms with E-state index >= 15 is 0 Å². The molecule has 0 unspecified atom stereocenters. The molecule has 0 atom stereocenters. The Morgan fingerprint density at radius 1 is 0.774 bits per heavy atom. The van der Waals surface area contributed by atoms with Gasteiger partial charge < -0.3 is 29.2 Å². The van der Waals surface area contributed by atoms with Crippen LogP contribution in [0, 0.1) is 13.8 Å². The average molecular weight is 451 g/mol. The van der Waals surface area contributed by atoms with E-state index in [-0.39, 0.29) is 17.7 Å². The number of hydrogen-bond acceptors (Lipinski definition) is 7. The normalized spacial score (nSPS) is 10.5. The van der Waals surface area contributed by atoms with Gasteiger partial charge in [0, 0.05) is 5.56 Å². The van der Waals surface area contributed by atoms with Gasteiger partial charge in [-0.1, -0.05) is 17.8 Å². The Morgan fingerprint density at radius 2 is 1.32 bits per heavy atom. The maximum Gasteiger partial charge on any atom is 0.307 e. The number of rotatable bonds is 10. The van der Waals surface area contributed by atoms with Crippen LogP contribution in [0.2, 0.25) is 0 Å². The lowest BCUT2D eigenvalue weighted by molar-refractivity contribution is -0.137. The Morgan fingerprint density at radius 3 is 1.81 bits per heavy atom. The van der Waals surface area contributed by atoms with Gasteiger partial charge in [0.2, 0.25) is 0 Å². The van der Waals surface area contributed by atoms with Crippen LogP contribution in [0.4, 0.5) is 0 Å². The van der Waals surface area contributed by atoms with Crippen LogP contribution >= 0.6 is 11.8 Å². The Bertz CT molecular complexity index is 1000. The molecule has 2 rings (SSSR count). The van der Waals surface area contributed by atoms with Crippen molar-refractivity contribution in [1.82, 2.24) is 0 Å². The summed E-state index contributed by atoms with van der Waals surface area (Å²) in [6, 6.07) is 3.69. The summed E-state index contributed by atoms with van der Waals surface area (Å²) in [4.78, 5) is 24.4. The Hall–Kier alpha value is -3.07. The highest BCUT2D eigenvalue weighted by Crippen LogP contribution is 2.51. The van der Waals surface area contributed by atoms with Crippen molar-refractivity contribution >= 4 is 23.7 Å². The lowest BCUT2D eigenvalue weighted by Gasteiger charge is -2.23. The molecule has 0 aliphatic rings. The van der Waals surface area contributed by atoms with Crippen molar-refractivity contribution in [3.05, 3.63) is 34.4 Å². The summed E-state index contributed by atoms with van der Waals surface area (Å²) in [6.45, 7) is 3.66. The molecule has 0 aliphatic carbocycles. The summed E-state index contributed by atoms with van der Waals surface area (Å²) in [5.41, 5.74) is 2.18. The Balaban J connectivity index is 2.85. The SMILES string of the molecule is COc1ccc(C)c(Sc2c(C)c(CC(=O)O)c(CC(=O)O)c(OC)c2OC)c1OC. The molecular weight excluding hydrogens is 424 g/mol. The molecule has 0 amide bonds. The van der Waals surface area contributed by atoms with E-state index in [1.165, 1.54) is 33.1 Å². The van der Waals surface area contributed by atoms with Gasteiger partial charge in [-0.25, -0.2) is 0 Å². The van der Waals surface area contributed by atoms with E-state index in [0.29, 0.717) is 33.3 Å². The topological polar surface area (TPSA) is 112 Å². The Labute approximate surface area is 185 Å². The summed E-state index contributed by atoms with van der Waals surface area (Å²) < 4.78 is 22.1. The number of methoxy groups -OCH3 is 4. The average Bonchev–Trinajstić information content (AvgIpc) is 2.72. The third-order valence-electron chi connectivity index (χ3n) is 4.81. The molecule has 0 aromatic heterocycles. The molecule has 0 aliphatic heterocycles. The first-order valence-corrected chi connectivity index (χ1v) is 10.1. The van der Waals surface area contributed by atoms with Crippen molar-refractivity contribution in [1.29, 1.82) is 0 Å². The highest BCUT2D eigenvalue weighted by molar-refractivity contribution is 7.99. The highest BCUT2D eigenvalue weighted by Gasteiger charge is 2.28. The van der Waals surface area contributed by atoms with Crippen LogP contribution < -0.4 is 18.9 Å². The molecule has 0 bridgehead atoms. The second-order valence-electron chi connectivity index (χ2n) is 6.67. The lowest BCUT2D eigenvalue weighted by atomic mass is 9.95. The number of aliphatic carboxylic acids is 2. The fraction of sp³-hybridized carbons (Fsp3) is 0.364. The minimum Gasteiger partial charge on any atom is -0.493 e. The van der Waals surface area contributed by atoms with Gasteiger partial charge in [-0.2, -0.15) is 0 Å². The van der Waals surface area contributed by atoms with Gasteiger partial charge in [-0.15, -0.1) is 0 Å². The zero-order valence-corrected chi connectivity index (χ0v) is 19.1. The number of carboxylic acids is 2. The number of ether oxygens (including phenoxy) is 4. The largest absolute Gasteiger partial charge is 0.493 e. The van der Waals surface area contributed by atoms with Crippen molar-refractivity contribution in [3.8, 4) is 23.0 Å². The molecule has 2 N–H and O–H groups in total. The molecule has 0 fully saturated rings. The van der Waals surface area contributed by atoms with Crippen molar-refractivity contribution < 1.29 is 38.7 Å². The molecule has 31 heavy (non-hydrogen) atoms. The third-order valence-corrected chi connectivity index (χ3v) is 6.22. The van der Waals surface area contributed by atoms with Gasteiger partial charge in [0.15, 0.2) is 23.0 Å². The van der Waals surface area contributed by atoms with Crippen LogP contribution in [0.5, 0.6) is 23.0 Å². The van der Waals surface area contributed by atoms with E-state index in [9.17, 15) is 19.8 Å². The predicted octanol–water partition coefficient (Wildman–Crippen LogP) is 3.74. The minimum atomic E-state index is -1.10. The number of aryl methyl sites for hydroxylation is 1. The van der Waals surface area contributed by atoms with Gasteiger partial charge in [0.25, 0.3) is 0 Å². The van der Waals surface area contributed by atoms with Crippen molar-refractivity contribution in [3.63, 3.8) is 0 Å². The van der Waals surface area contributed by atoms with Gasteiger partial charge >= 0.3 is 11.9 Å². The van der Waals surface area contributed by atoms with Crippen LogP contribution in [0.3, 0.4) is 0 Å². The van der Waals surface area contributed by atoms with Gasteiger partial charge in [-0.3, -0.25) is 9.59 Å². The van der Waals surface area contributed by atoms with E-state index < -0.39 is 18.4 Å². The fourth-order valence-electron chi connectivity index (χ4n) is 3.39. The van der Waals surface area contributed by atoms with E-state index in [0.717, 1.165) is 10.5 Å². The summed E-state index contributed by atoms with van der Waals surface area (Å²) in [7, 11) is 5.94. The maximum absolute atomic E-state index is 11.6. The molecule has 168 valence electrons. The first-order chi connectivity index (χ1) is 14.7. The van der Waals surface area contributed by atoms with E-state index in [4.69, 9.17) is 18.9 Å². The second kappa shape index (κ2) is 10.3. The van der Waals surface area contributed by atoms with Gasteiger partial charge in [0.1, 0.15) is 0 Å². The first-order valence-electron chi connectivity index (χ1n) is 9.29. The molecule has 0 radical (unpaired) electrons. The van der Waals surface area contributed by atoms with Crippen LogP contribution in [0.25, 0.3) is 0 Å². The number of hydrogen-bond donors (Lipinski definition) is 2. The first kappa shape index (κ1) is 24.2. The molecule has 0 spiro atoms. The summed E-state index contributed by atoms with van der Waals surface area (Å²) >= 11 is 1.32. The van der Waals surface area contributed by atoms with Gasteiger partial charge in [0.05, 0.1) is 51.1 Å². The van der Waals surface area contributed by atoms with E-state index in [1.807, 2.05) is 13.0 Å². The standard InChI is InChI=1S/C22H26O8S/c1-11-7-8-15(27-3)19(29-5)21(11)31-22-12(2)13(9-16(23)24)14(10-17(25)26)18(28-4)20(22)30-6/h7-8H,9-10H2,1-6H3,(H,23,24)(H,25,26). The van der Waals surface area contributed by atoms with Crippen molar-refractivity contribution in [2.45, 2.75) is 36.5 Å². The van der Waals surface area contributed by atoms with Crippen LogP contribution in [-0.4, -0.2) is 50.6 Å². The maximum atomic E-state index is 11.6. The van der Waals surface area contributed by atoms with Crippen LogP contribution in [0.1, 0.15) is 22.3 Å². The van der Waals surface area contributed by atoms with Crippen LogP contribution in [0.15, 0.2) is 21.9 Å². The predicted molar refractivity (Wildman–Crippen MR) is 115 cm³/mol. The molecule has 0 saturated carbocycles. The zero-order chi connectivity index (χ0) is 23.3. The smallest absolute Gasteiger partial charge is 0.307 e. The lowest BCUT2D eigenvalue weighted by Crippen LogP contribution is -2.13. The third kappa shape index (κ3) is 4.99. The molecule has 8 nitrogen and oxygen atoms in total. The molecular formula is C22H26O8S. The monoisotopic (exact) mass is 450 g/mol. The summed E-state index contributed by atoms with van der Waals surface area (Å²) in [5, 5.41) is 18.8. The van der Waals surface area contributed by atoms with Crippen molar-refractivity contribution in [2.24, 2.45) is 0 Å². The van der Waals surface area contributed by atoms with E-state index in [2.05, 4.69) is 0 Å². The zero-order valence-electron chi connectivity index (χ0n) is 18.3. The molecule has 2 aromatic rings. The second-order valence-corrected chi connectivity index (χ2v) is 7.69. The molecule has 0 heterocycles. The number of carbonyl (C=O) groups is 2. The number of benzene rings is 2. The summed E-state index contributed by atoms with van der Waals surface area (Å²) in [6.07, 6.45) is -0.744. The van der Waals surface area contributed by atoms with Crippen LogP contribution in [-0.2, 0) is 22.4 Å². The molecule has 2 aromatic carbocycles. The quantitative estimate of drug-likeness (QED) is 0.559. The fourth-order valence-corrected chi connectivity index (χ4v) is 4.64. The minimum absolute atomic E-state index is 0.203.